The first-order valence-corrected chi connectivity index (χ1v) is 7.67. The minimum atomic E-state index is 0.0777. The lowest BCUT2D eigenvalue weighted by Crippen LogP contribution is -2.46. The van der Waals surface area contributed by atoms with Crippen molar-refractivity contribution in [3.05, 3.63) is 22.6 Å². The molecule has 0 aromatic carbocycles. The molecule has 0 spiro atoms. The van der Waals surface area contributed by atoms with E-state index < -0.39 is 0 Å². The van der Waals surface area contributed by atoms with Crippen molar-refractivity contribution < 1.29 is 13.9 Å². The third-order valence-electron chi connectivity index (χ3n) is 3.62. The molecule has 5 nitrogen and oxygen atoms in total. The van der Waals surface area contributed by atoms with Crippen molar-refractivity contribution in [1.29, 1.82) is 0 Å². The number of carbonyl (C=O) groups excluding carboxylic acids is 1. The van der Waals surface area contributed by atoms with Crippen molar-refractivity contribution in [2.45, 2.75) is 31.8 Å². The lowest BCUT2D eigenvalue weighted by atomic mass is 10.0. The fraction of sp³-hybridized carbons (Fsp3) is 0.643. The van der Waals surface area contributed by atoms with Gasteiger partial charge in [-0.05, 0) is 47.8 Å². The monoisotopic (exact) mass is 344 g/mol. The van der Waals surface area contributed by atoms with Gasteiger partial charge in [0.2, 0.25) is 5.91 Å². The van der Waals surface area contributed by atoms with Crippen molar-refractivity contribution >= 4 is 21.8 Å². The molecule has 1 amide bonds. The Kier molecular flexibility index (Phi) is 5.63. The molecule has 20 heavy (non-hydrogen) atoms. The highest BCUT2D eigenvalue weighted by molar-refractivity contribution is 9.10. The Hall–Kier alpha value is -0.850. The van der Waals surface area contributed by atoms with Gasteiger partial charge in [0.05, 0.1) is 6.04 Å². The Morgan fingerprint density at radius 3 is 2.80 bits per heavy atom. The third-order valence-corrected chi connectivity index (χ3v) is 4.05. The molecule has 0 aliphatic carbocycles. The van der Waals surface area contributed by atoms with Crippen LogP contribution >= 0.6 is 15.9 Å². The molecular weight excluding hydrogens is 324 g/mol. The van der Waals surface area contributed by atoms with Crippen LogP contribution in [0.3, 0.4) is 0 Å². The second kappa shape index (κ2) is 7.24. The maximum atomic E-state index is 11.7. The van der Waals surface area contributed by atoms with Gasteiger partial charge in [-0.2, -0.15) is 0 Å². The Labute approximate surface area is 127 Å². The molecule has 1 aliphatic rings. The minimum absolute atomic E-state index is 0.0777. The lowest BCUT2D eigenvalue weighted by molar-refractivity contribution is -0.136. The van der Waals surface area contributed by atoms with E-state index in [2.05, 4.69) is 28.2 Å². The van der Waals surface area contributed by atoms with E-state index in [9.17, 15) is 4.79 Å². The van der Waals surface area contributed by atoms with Gasteiger partial charge in [-0.1, -0.05) is 0 Å². The molecular formula is C14H21BrN2O3. The van der Waals surface area contributed by atoms with Crippen molar-refractivity contribution in [2.75, 3.05) is 26.8 Å². The number of likely N-dealkylation sites (tertiary alicyclic amines) is 1. The minimum Gasteiger partial charge on any atom is -0.453 e. The Balaban J connectivity index is 1.78. The second-order valence-electron chi connectivity index (χ2n) is 5.12. The fourth-order valence-electron chi connectivity index (χ4n) is 2.51. The highest BCUT2D eigenvalue weighted by atomic mass is 79.9. The topological polar surface area (TPSA) is 54.7 Å². The van der Waals surface area contributed by atoms with Crippen molar-refractivity contribution in [1.82, 2.24) is 10.2 Å². The average Bonchev–Trinajstić information content (AvgIpc) is 2.86. The van der Waals surface area contributed by atoms with E-state index in [1.807, 2.05) is 17.0 Å². The largest absolute Gasteiger partial charge is 0.453 e. The quantitative estimate of drug-likeness (QED) is 0.890. The number of ether oxygens (including phenoxy) is 1. The van der Waals surface area contributed by atoms with Crippen LogP contribution in [0.4, 0.5) is 0 Å². The number of hydrogen-bond acceptors (Lipinski definition) is 4. The van der Waals surface area contributed by atoms with Crippen LogP contribution in [0.2, 0.25) is 0 Å². The number of piperidine rings is 1. The third kappa shape index (κ3) is 4.07. The van der Waals surface area contributed by atoms with E-state index in [0.29, 0.717) is 6.04 Å². The van der Waals surface area contributed by atoms with Gasteiger partial charge in [0, 0.05) is 26.2 Å². The number of carbonyl (C=O) groups is 1. The Morgan fingerprint density at radius 1 is 1.55 bits per heavy atom. The standard InChI is InChI=1S/C14H21BrN2O3/c1-10(12-3-4-13(15)20-12)16-11-5-7-17(8-6-11)14(18)9-19-2/h3-4,10-11,16H,5-9H2,1-2H3. The number of furan rings is 1. The number of nitrogens with zero attached hydrogens (tertiary/aromatic N) is 1. The van der Waals surface area contributed by atoms with Crippen LogP contribution in [0.5, 0.6) is 0 Å². The average molecular weight is 345 g/mol. The SMILES string of the molecule is COCC(=O)N1CCC(NC(C)c2ccc(Br)o2)CC1. The highest BCUT2D eigenvalue weighted by Crippen LogP contribution is 2.22. The van der Waals surface area contributed by atoms with E-state index in [0.717, 1.165) is 36.4 Å². The van der Waals surface area contributed by atoms with Gasteiger partial charge in [-0.3, -0.25) is 4.79 Å². The predicted octanol–water partition coefficient (Wildman–Crippen LogP) is 2.33. The Morgan fingerprint density at radius 2 is 2.25 bits per heavy atom. The number of nitrogens with one attached hydrogen (secondary N) is 1. The number of halogens is 1. The number of amides is 1. The van der Waals surface area contributed by atoms with E-state index in [-0.39, 0.29) is 18.6 Å². The first-order valence-electron chi connectivity index (χ1n) is 6.88. The van der Waals surface area contributed by atoms with Gasteiger partial charge >= 0.3 is 0 Å². The smallest absolute Gasteiger partial charge is 0.248 e. The zero-order valence-corrected chi connectivity index (χ0v) is 13.5. The van der Waals surface area contributed by atoms with E-state index in [1.165, 1.54) is 0 Å². The summed E-state index contributed by atoms with van der Waals surface area (Å²) in [6, 6.07) is 4.46. The van der Waals surface area contributed by atoms with Gasteiger partial charge in [-0.25, -0.2) is 0 Å². The molecule has 1 saturated heterocycles. The molecule has 1 atom stereocenters. The summed E-state index contributed by atoms with van der Waals surface area (Å²) in [6.45, 7) is 3.84. The van der Waals surface area contributed by atoms with Crippen LogP contribution in [-0.4, -0.2) is 43.7 Å². The summed E-state index contributed by atoms with van der Waals surface area (Å²) in [5.41, 5.74) is 0. The van der Waals surface area contributed by atoms with Crippen molar-refractivity contribution in [2.24, 2.45) is 0 Å². The normalized spacial score (nSPS) is 18.2. The highest BCUT2D eigenvalue weighted by Gasteiger charge is 2.24. The van der Waals surface area contributed by atoms with E-state index >= 15 is 0 Å². The molecule has 0 saturated carbocycles. The van der Waals surface area contributed by atoms with Gasteiger partial charge in [0.1, 0.15) is 12.4 Å². The first kappa shape index (κ1) is 15.5. The molecule has 0 bridgehead atoms. The van der Waals surface area contributed by atoms with Crippen LogP contribution in [0, 0.1) is 0 Å². The van der Waals surface area contributed by atoms with Crippen LogP contribution < -0.4 is 5.32 Å². The molecule has 2 rings (SSSR count). The summed E-state index contributed by atoms with van der Waals surface area (Å²) in [5, 5.41) is 3.56. The second-order valence-corrected chi connectivity index (χ2v) is 5.90. The van der Waals surface area contributed by atoms with Crippen LogP contribution in [0.25, 0.3) is 0 Å². The lowest BCUT2D eigenvalue weighted by Gasteiger charge is -2.33. The fourth-order valence-corrected chi connectivity index (χ4v) is 2.83. The van der Waals surface area contributed by atoms with Gasteiger partial charge in [0.15, 0.2) is 4.67 Å². The zero-order valence-electron chi connectivity index (χ0n) is 11.9. The molecule has 6 heteroatoms. The zero-order chi connectivity index (χ0) is 14.5. The summed E-state index contributed by atoms with van der Waals surface area (Å²) < 4.78 is 11.2. The summed E-state index contributed by atoms with van der Waals surface area (Å²) >= 11 is 3.31. The molecule has 0 radical (unpaired) electrons. The molecule has 1 N–H and O–H groups in total. The maximum Gasteiger partial charge on any atom is 0.248 e. The molecule has 1 unspecified atom stereocenters. The van der Waals surface area contributed by atoms with Gasteiger partial charge < -0.3 is 19.4 Å². The first-order chi connectivity index (χ1) is 9.60. The molecule has 1 fully saturated rings. The number of hydrogen-bond donors (Lipinski definition) is 1. The van der Waals surface area contributed by atoms with E-state index in [1.54, 1.807) is 7.11 Å². The summed E-state index contributed by atoms with van der Waals surface area (Å²) in [7, 11) is 1.55. The molecule has 2 heterocycles. The Bertz CT molecular complexity index is 441. The number of methoxy groups -OCH3 is 1. The summed E-state index contributed by atoms with van der Waals surface area (Å²) in [5.74, 6) is 1.00. The molecule has 1 aromatic heterocycles. The maximum absolute atomic E-state index is 11.7. The van der Waals surface area contributed by atoms with Crippen molar-refractivity contribution in [3.8, 4) is 0 Å². The van der Waals surface area contributed by atoms with Gasteiger partial charge in [-0.15, -0.1) is 0 Å². The van der Waals surface area contributed by atoms with E-state index in [4.69, 9.17) is 9.15 Å². The molecule has 112 valence electrons. The van der Waals surface area contributed by atoms with Gasteiger partial charge in [0.25, 0.3) is 0 Å². The summed E-state index contributed by atoms with van der Waals surface area (Å²) in [4.78, 5) is 13.6. The van der Waals surface area contributed by atoms with Crippen LogP contribution in [-0.2, 0) is 9.53 Å². The molecule has 1 aliphatic heterocycles. The van der Waals surface area contributed by atoms with Crippen LogP contribution in [0.1, 0.15) is 31.6 Å². The summed E-state index contributed by atoms with van der Waals surface area (Å²) in [6.07, 6.45) is 1.92. The predicted molar refractivity (Wildman–Crippen MR) is 79.4 cm³/mol. The number of rotatable bonds is 5. The van der Waals surface area contributed by atoms with Crippen molar-refractivity contribution in [3.63, 3.8) is 0 Å². The van der Waals surface area contributed by atoms with Crippen LogP contribution in [0.15, 0.2) is 21.2 Å². The molecule has 1 aromatic rings.